The zero-order valence-corrected chi connectivity index (χ0v) is 11.9. The Balaban J connectivity index is 2.16. The van der Waals surface area contributed by atoms with E-state index in [2.05, 4.69) is 19.2 Å². The summed E-state index contributed by atoms with van der Waals surface area (Å²) < 4.78 is 0. The maximum absolute atomic E-state index is 12.6. The number of carbonyl (C=O) groups excluding carboxylic acids is 1. The second kappa shape index (κ2) is 5.74. The summed E-state index contributed by atoms with van der Waals surface area (Å²) in [5.74, 6) is 0.384. The van der Waals surface area contributed by atoms with Crippen molar-refractivity contribution in [1.82, 2.24) is 5.32 Å². The number of carbonyl (C=O) groups is 1. The minimum absolute atomic E-state index is 0.0739. The van der Waals surface area contributed by atoms with Gasteiger partial charge in [-0.25, -0.2) is 0 Å². The van der Waals surface area contributed by atoms with Gasteiger partial charge in [0.15, 0.2) is 0 Å². The highest BCUT2D eigenvalue weighted by Crippen LogP contribution is 2.36. The summed E-state index contributed by atoms with van der Waals surface area (Å²) in [5, 5.41) is 3.17. The second-order valence-electron chi connectivity index (χ2n) is 5.75. The number of benzene rings is 1. The van der Waals surface area contributed by atoms with Gasteiger partial charge in [0, 0.05) is 6.54 Å². The van der Waals surface area contributed by atoms with Crippen LogP contribution in [0.4, 0.5) is 0 Å². The number of nitrogens with one attached hydrogen (secondary N) is 1. The second-order valence-corrected chi connectivity index (χ2v) is 5.75. The fraction of sp³-hybridized carbons (Fsp3) is 0.562. The van der Waals surface area contributed by atoms with Gasteiger partial charge >= 0.3 is 0 Å². The zero-order valence-electron chi connectivity index (χ0n) is 11.9. The molecule has 19 heavy (non-hydrogen) atoms. The van der Waals surface area contributed by atoms with Crippen LogP contribution in [-0.4, -0.2) is 18.0 Å². The predicted octanol–water partition coefficient (Wildman–Crippen LogP) is 2.42. The molecule has 1 aromatic carbocycles. The summed E-state index contributed by atoms with van der Waals surface area (Å²) in [5.41, 5.74) is 6.74. The SMILES string of the molecule is CCC(C)C(C(=O)NC1(CN)CC1)c1ccccc1. The molecule has 0 saturated heterocycles. The van der Waals surface area contributed by atoms with Crippen LogP contribution in [0.5, 0.6) is 0 Å². The van der Waals surface area contributed by atoms with Crippen molar-refractivity contribution in [2.75, 3.05) is 6.54 Å². The van der Waals surface area contributed by atoms with E-state index < -0.39 is 0 Å². The first-order chi connectivity index (χ1) is 9.12. The number of amides is 1. The van der Waals surface area contributed by atoms with Gasteiger partial charge in [0.05, 0.1) is 11.5 Å². The van der Waals surface area contributed by atoms with E-state index in [1.807, 2.05) is 30.3 Å². The van der Waals surface area contributed by atoms with Crippen molar-refractivity contribution in [2.24, 2.45) is 11.7 Å². The lowest BCUT2D eigenvalue weighted by Crippen LogP contribution is -2.45. The summed E-state index contributed by atoms with van der Waals surface area (Å²) in [7, 11) is 0. The minimum atomic E-state index is -0.114. The molecule has 1 aliphatic rings. The van der Waals surface area contributed by atoms with Gasteiger partial charge in [-0.1, -0.05) is 50.6 Å². The highest BCUT2D eigenvalue weighted by molar-refractivity contribution is 5.85. The van der Waals surface area contributed by atoms with Gasteiger partial charge in [0.2, 0.25) is 5.91 Å². The zero-order chi connectivity index (χ0) is 13.9. The molecule has 3 nitrogen and oxygen atoms in total. The van der Waals surface area contributed by atoms with Crippen molar-refractivity contribution in [3.8, 4) is 0 Å². The van der Waals surface area contributed by atoms with Crippen LogP contribution in [0.25, 0.3) is 0 Å². The molecule has 104 valence electrons. The molecule has 0 heterocycles. The molecule has 1 aromatic rings. The van der Waals surface area contributed by atoms with Crippen molar-refractivity contribution in [2.45, 2.75) is 44.6 Å². The van der Waals surface area contributed by atoms with Gasteiger partial charge in [-0.05, 0) is 24.3 Å². The summed E-state index contributed by atoms with van der Waals surface area (Å²) in [6.45, 7) is 4.81. The molecule has 2 unspecified atom stereocenters. The Bertz CT molecular complexity index is 426. The fourth-order valence-electron chi connectivity index (χ4n) is 2.50. The first kappa shape index (κ1) is 14.1. The quantitative estimate of drug-likeness (QED) is 0.825. The fourth-order valence-corrected chi connectivity index (χ4v) is 2.50. The molecule has 0 aromatic heterocycles. The number of hydrogen-bond acceptors (Lipinski definition) is 2. The van der Waals surface area contributed by atoms with Crippen molar-refractivity contribution in [3.63, 3.8) is 0 Å². The molecule has 0 radical (unpaired) electrons. The molecule has 3 heteroatoms. The van der Waals surface area contributed by atoms with E-state index in [1.54, 1.807) is 0 Å². The maximum Gasteiger partial charge on any atom is 0.228 e. The topological polar surface area (TPSA) is 55.1 Å². The lowest BCUT2D eigenvalue weighted by Gasteiger charge is -2.25. The van der Waals surface area contributed by atoms with Gasteiger partial charge in [-0.3, -0.25) is 4.79 Å². The van der Waals surface area contributed by atoms with Gasteiger partial charge in [0.1, 0.15) is 0 Å². The Morgan fingerprint density at radius 2 is 2.00 bits per heavy atom. The van der Waals surface area contributed by atoms with Crippen LogP contribution in [0.2, 0.25) is 0 Å². The molecule has 0 aliphatic heterocycles. The van der Waals surface area contributed by atoms with E-state index in [0.29, 0.717) is 12.5 Å². The van der Waals surface area contributed by atoms with Crippen molar-refractivity contribution >= 4 is 5.91 Å². The first-order valence-electron chi connectivity index (χ1n) is 7.19. The average Bonchev–Trinajstić information content (AvgIpc) is 3.20. The summed E-state index contributed by atoms with van der Waals surface area (Å²) in [6, 6.07) is 10.1. The molecule has 0 bridgehead atoms. The number of nitrogens with two attached hydrogens (primary N) is 1. The monoisotopic (exact) mass is 260 g/mol. The van der Waals surface area contributed by atoms with E-state index >= 15 is 0 Å². The van der Waals surface area contributed by atoms with E-state index in [-0.39, 0.29) is 17.4 Å². The van der Waals surface area contributed by atoms with Crippen LogP contribution < -0.4 is 11.1 Å². The van der Waals surface area contributed by atoms with Crippen LogP contribution in [0, 0.1) is 5.92 Å². The molecule has 0 spiro atoms. The molecular weight excluding hydrogens is 236 g/mol. The highest BCUT2D eigenvalue weighted by atomic mass is 16.2. The third-order valence-corrected chi connectivity index (χ3v) is 4.29. The summed E-state index contributed by atoms with van der Waals surface area (Å²) in [6.07, 6.45) is 3.01. The largest absolute Gasteiger partial charge is 0.349 e. The Morgan fingerprint density at radius 3 is 2.47 bits per heavy atom. The predicted molar refractivity (Wildman–Crippen MR) is 77.8 cm³/mol. The third kappa shape index (κ3) is 3.16. The number of hydrogen-bond donors (Lipinski definition) is 2. The third-order valence-electron chi connectivity index (χ3n) is 4.29. The van der Waals surface area contributed by atoms with Gasteiger partial charge in [0.25, 0.3) is 0 Å². The molecule has 2 atom stereocenters. The Morgan fingerprint density at radius 1 is 1.37 bits per heavy atom. The highest BCUT2D eigenvalue weighted by Gasteiger charge is 2.44. The van der Waals surface area contributed by atoms with Gasteiger partial charge in [-0.15, -0.1) is 0 Å². The van der Waals surface area contributed by atoms with E-state index in [9.17, 15) is 4.79 Å². The molecular formula is C16H24N2O. The molecule has 1 amide bonds. The Hall–Kier alpha value is -1.35. The lowest BCUT2D eigenvalue weighted by molar-refractivity contribution is -0.124. The maximum atomic E-state index is 12.6. The normalized spacial score (nSPS) is 19.5. The molecule has 1 fully saturated rings. The van der Waals surface area contributed by atoms with Gasteiger partial charge < -0.3 is 11.1 Å². The average molecular weight is 260 g/mol. The smallest absolute Gasteiger partial charge is 0.228 e. The Labute approximate surface area is 115 Å². The van der Waals surface area contributed by atoms with E-state index in [1.165, 1.54) is 0 Å². The van der Waals surface area contributed by atoms with E-state index in [4.69, 9.17) is 5.73 Å². The standard InChI is InChI=1S/C16H24N2O/c1-3-12(2)14(13-7-5-4-6-8-13)15(19)18-16(11-17)9-10-16/h4-8,12,14H,3,9-11,17H2,1-2H3,(H,18,19). The summed E-state index contributed by atoms with van der Waals surface area (Å²) in [4.78, 5) is 12.6. The minimum Gasteiger partial charge on any atom is -0.349 e. The number of rotatable bonds is 6. The van der Waals surface area contributed by atoms with Crippen molar-refractivity contribution < 1.29 is 4.79 Å². The molecule has 3 N–H and O–H groups in total. The Kier molecular flexibility index (Phi) is 4.25. The van der Waals surface area contributed by atoms with Crippen LogP contribution >= 0.6 is 0 Å². The van der Waals surface area contributed by atoms with Gasteiger partial charge in [-0.2, -0.15) is 0 Å². The molecule has 1 saturated carbocycles. The van der Waals surface area contributed by atoms with Crippen LogP contribution in [0.15, 0.2) is 30.3 Å². The first-order valence-corrected chi connectivity index (χ1v) is 7.19. The van der Waals surface area contributed by atoms with E-state index in [0.717, 1.165) is 24.8 Å². The van der Waals surface area contributed by atoms with Crippen molar-refractivity contribution in [3.05, 3.63) is 35.9 Å². The van der Waals surface area contributed by atoms with Crippen LogP contribution in [-0.2, 0) is 4.79 Å². The molecule has 1 aliphatic carbocycles. The molecule has 2 rings (SSSR count). The summed E-state index contributed by atoms with van der Waals surface area (Å²) >= 11 is 0. The van der Waals surface area contributed by atoms with Crippen LogP contribution in [0.1, 0.15) is 44.6 Å². The van der Waals surface area contributed by atoms with Crippen molar-refractivity contribution in [1.29, 1.82) is 0 Å². The van der Waals surface area contributed by atoms with Crippen LogP contribution in [0.3, 0.4) is 0 Å². The lowest BCUT2D eigenvalue weighted by atomic mass is 9.84.